The van der Waals surface area contributed by atoms with Crippen LogP contribution in [0.15, 0.2) is 11.0 Å². The Labute approximate surface area is 164 Å². The number of nitrogens with zero attached hydrogens (tertiary/aromatic N) is 1. The first-order valence-electron chi connectivity index (χ1n) is 8.19. The Morgan fingerprint density at radius 3 is 2.30 bits per heavy atom. The van der Waals surface area contributed by atoms with Crippen LogP contribution in [-0.4, -0.2) is 64.7 Å². The van der Waals surface area contributed by atoms with E-state index in [0.29, 0.717) is 23.3 Å². The van der Waals surface area contributed by atoms with Crippen molar-refractivity contribution in [3.63, 3.8) is 0 Å². The van der Waals surface area contributed by atoms with Crippen LogP contribution in [0.4, 0.5) is 0 Å². The van der Waals surface area contributed by atoms with Crippen LogP contribution in [0.25, 0.3) is 0 Å². The molecule has 0 aliphatic carbocycles. The number of aromatic amines is 1. The SMILES string of the molecule is CCC.CO.CO[C@H](O)CCn1cc(C)c(=O)[nH]c1=S.NCC(=O)OCO. The van der Waals surface area contributed by atoms with Gasteiger partial charge in [-0.1, -0.05) is 20.3 Å². The van der Waals surface area contributed by atoms with Crippen LogP contribution in [0.5, 0.6) is 0 Å². The van der Waals surface area contributed by atoms with E-state index < -0.39 is 19.1 Å². The molecule has 0 spiro atoms. The number of aromatic nitrogens is 2. The molecule has 1 rings (SSSR count). The minimum Gasteiger partial charge on any atom is -0.438 e. The fraction of sp³-hybridized carbons (Fsp3) is 0.688. The first-order chi connectivity index (χ1) is 12.8. The fourth-order valence-corrected chi connectivity index (χ4v) is 1.52. The number of H-pyrrole nitrogens is 1. The maximum Gasteiger partial charge on any atom is 0.321 e. The Kier molecular flexibility index (Phi) is 23.1. The van der Waals surface area contributed by atoms with E-state index in [2.05, 4.69) is 23.6 Å². The smallest absolute Gasteiger partial charge is 0.321 e. The minimum atomic E-state index is -0.806. The van der Waals surface area contributed by atoms with Crippen LogP contribution in [-0.2, 0) is 20.8 Å². The Balaban J connectivity index is -0.000000402. The lowest BCUT2D eigenvalue weighted by molar-refractivity contribution is -0.149. The molecule has 1 atom stereocenters. The number of carbonyl (C=O) groups is 1. The van der Waals surface area contributed by atoms with E-state index in [0.717, 1.165) is 7.11 Å². The predicted octanol–water partition coefficient (Wildman–Crippen LogP) is 0.0321. The Bertz CT molecular complexity index is 590. The molecule has 0 amide bonds. The highest BCUT2D eigenvalue weighted by Gasteiger charge is 2.03. The van der Waals surface area contributed by atoms with Crippen LogP contribution < -0.4 is 11.3 Å². The number of hydrogen-bond donors (Lipinski definition) is 5. The molecule has 0 aliphatic rings. The highest BCUT2D eigenvalue weighted by molar-refractivity contribution is 7.71. The van der Waals surface area contributed by atoms with Crippen molar-refractivity contribution < 1.29 is 29.6 Å². The summed E-state index contributed by atoms with van der Waals surface area (Å²) in [6, 6.07) is 0. The van der Waals surface area contributed by atoms with Crippen molar-refractivity contribution >= 4 is 18.2 Å². The first kappa shape index (κ1) is 30.1. The molecule has 0 saturated heterocycles. The van der Waals surface area contributed by atoms with Crippen molar-refractivity contribution in [3.05, 3.63) is 26.9 Å². The van der Waals surface area contributed by atoms with Gasteiger partial charge in [-0.3, -0.25) is 14.6 Å². The standard InChI is InChI=1S/C9H14N2O3S.C3H7NO3.C3H8.CH4O/c1-6-5-11(4-3-7(12)14-2)9(15)10-8(6)13;4-1-3(6)7-2-5;1-3-2;1-2/h5,7,12H,3-4H2,1-2H3,(H,10,13,15);5H,1-2,4H2;3H2,1-2H3;2H,1H3/t7-;;;/m0.../s1. The van der Waals surface area contributed by atoms with Gasteiger partial charge in [0.1, 0.15) is 0 Å². The van der Waals surface area contributed by atoms with Crippen LogP contribution in [0, 0.1) is 11.7 Å². The summed E-state index contributed by atoms with van der Waals surface area (Å²) in [7, 11) is 2.43. The number of esters is 1. The van der Waals surface area contributed by atoms with E-state index in [1.54, 1.807) is 17.7 Å². The Morgan fingerprint density at radius 1 is 1.41 bits per heavy atom. The van der Waals surface area contributed by atoms with E-state index in [9.17, 15) is 14.7 Å². The minimum absolute atomic E-state index is 0.177. The van der Waals surface area contributed by atoms with Crippen molar-refractivity contribution in [1.29, 1.82) is 0 Å². The average molecular weight is 412 g/mol. The first-order valence-corrected chi connectivity index (χ1v) is 8.60. The number of methoxy groups -OCH3 is 1. The van der Waals surface area contributed by atoms with Crippen LogP contribution in [0.3, 0.4) is 0 Å². The molecular formula is C16H33N3O7S. The van der Waals surface area contributed by atoms with Crippen LogP contribution >= 0.6 is 12.2 Å². The number of aryl methyl sites for hydroxylation is 2. The Morgan fingerprint density at radius 2 is 1.93 bits per heavy atom. The molecule has 0 unspecified atom stereocenters. The lowest BCUT2D eigenvalue weighted by atomic mass is 10.3. The lowest BCUT2D eigenvalue weighted by Crippen LogP contribution is -2.18. The largest absolute Gasteiger partial charge is 0.438 e. The van der Waals surface area contributed by atoms with Crippen molar-refractivity contribution in [1.82, 2.24) is 9.55 Å². The Hall–Kier alpha value is -1.63. The number of ether oxygens (including phenoxy) is 2. The van der Waals surface area contributed by atoms with Crippen molar-refractivity contribution in [2.24, 2.45) is 5.73 Å². The molecule has 1 heterocycles. The van der Waals surface area contributed by atoms with Gasteiger partial charge in [-0.05, 0) is 19.1 Å². The van der Waals surface area contributed by atoms with Crippen LogP contribution in [0.2, 0.25) is 0 Å². The monoisotopic (exact) mass is 411 g/mol. The molecule has 27 heavy (non-hydrogen) atoms. The number of aliphatic hydroxyl groups excluding tert-OH is 3. The lowest BCUT2D eigenvalue weighted by Gasteiger charge is -2.10. The zero-order valence-electron chi connectivity index (χ0n) is 16.6. The summed E-state index contributed by atoms with van der Waals surface area (Å²) in [4.78, 5) is 23.6. The molecule has 160 valence electrons. The molecule has 0 aliphatic heterocycles. The second-order valence-electron chi connectivity index (χ2n) is 4.80. The van der Waals surface area contributed by atoms with Gasteiger partial charge in [0, 0.05) is 38.9 Å². The highest BCUT2D eigenvalue weighted by Crippen LogP contribution is 1.98. The van der Waals surface area contributed by atoms with E-state index in [1.807, 2.05) is 0 Å². The highest BCUT2D eigenvalue weighted by atomic mass is 32.1. The van der Waals surface area contributed by atoms with Gasteiger partial charge >= 0.3 is 5.97 Å². The van der Waals surface area contributed by atoms with Gasteiger partial charge in [0.05, 0.1) is 6.54 Å². The zero-order chi connectivity index (χ0) is 21.8. The van der Waals surface area contributed by atoms with Gasteiger partial charge in [0.25, 0.3) is 5.56 Å². The summed E-state index contributed by atoms with van der Waals surface area (Å²) in [5.74, 6) is -0.595. The summed E-state index contributed by atoms with van der Waals surface area (Å²) in [6.07, 6.45) is 2.54. The number of nitrogens with one attached hydrogen (secondary N) is 1. The third kappa shape index (κ3) is 17.5. The topological polar surface area (TPSA) is 160 Å². The van der Waals surface area contributed by atoms with Gasteiger partial charge in [-0.2, -0.15) is 0 Å². The van der Waals surface area contributed by atoms with Gasteiger partial charge in [0.2, 0.25) is 0 Å². The second kappa shape index (κ2) is 20.7. The second-order valence-corrected chi connectivity index (χ2v) is 5.19. The number of nitrogens with two attached hydrogens (primary N) is 1. The van der Waals surface area contributed by atoms with Crippen molar-refractivity contribution in [2.45, 2.75) is 46.4 Å². The molecule has 11 heteroatoms. The average Bonchev–Trinajstić information content (AvgIpc) is 2.66. The predicted molar refractivity (Wildman–Crippen MR) is 105 cm³/mol. The maximum atomic E-state index is 11.2. The molecule has 6 N–H and O–H groups in total. The van der Waals surface area contributed by atoms with Crippen molar-refractivity contribution in [3.8, 4) is 0 Å². The summed E-state index contributed by atoms with van der Waals surface area (Å²) in [5.41, 5.74) is 5.19. The van der Waals surface area contributed by atoms with Gasteiger partial charge in [-0.25, -0.2) is 0 Å². The number of hydrogen-bond acceptors (Lipinski definition) is 9. The molecule has 1 aromatic heterocycles. The molecule has 0 aromatic carbocycles. The molecular weight excluding hydrogens is 378 g/mol. The third-order valence-corrected chi connectivity index (χ3v) is 2.81. The number of carbonyl (C=O) groups excluding carboxylic acids is 1. The van der Waals surface area contributed by atoms with E-state index in [-0.39, 0.29) is 12.1 Å². The van der Waals surface area contributed by atoms with Crippen molar-refractivity contribution in [2.75, 3.05) is 27.6 Å². The third-order valence-electron chi connectivity index (χ3n) is 2.47. The number of aliphatic hydroxyl groups is 3. The van der Waals surface area contributed by atoms with E-state index in [1.165, 1.54) is 13.5 Å². The zero-order valence-corrected chi connectivity index (χ0v) is 17.4. The molecule has 10 nitrogen and oxygen atoms in total. The molecule has 0 saturated carbocycles. The quantitative estimate of drug-likeness (QED) is 0.247. The normalized spacial score (nSPS) is 10.1. The summed E-state index contributed by atoms with van der Waals surface area (Å²) >= 11 is 4.97. The maximum absolute atomic E-state index is 11.2. The molecule has 0 fully saturated rings. The van der Waals surface area contributed by atoms with E-state index >= 15 is 0 Å². The van der Waals surface area contributed by atoms with E-state index in [4.69, 9.17) is 32.9 Å². The van der Waals surface area contributed by atoms with Crippen LogP contribution in [0.1, 0.15) is 32.3 Å². The molecule has 0 radical (unpaired) electrons. The summed E-state index contributed by atoms with van der Waals surface area (Å²) in [6.45, 7) is 5.69. The fourth-order valence-electron chi connectivity index (χ4n) is 1.28. The van der Waals surface area contributed by atoms with Gasteiger partial charge in [-0.15, -0.1) is 0 Å². The summed E-state index contributed by atoms with van der Waals surface area (Å²) in [5, 5.41) is 24.1. The number of rotatable bonds is 6. The van der Waals surface area contributed by atoms with Gasteiger partial charge < -0.3 is 35.1 Å². The summed E-state index contributed by atoms with van der Waals surface area (Å²) < 4.78 is 10.7. The van der Waals surface area contributed by atoms with Gasteiger partial charge in [0.15, 0.2) is 17.9 Å². The molecule has 0 bridgehead atoms. The molecule has 1 aromatic rings.